The zero-order valence-electron chi connectivity index (χ0n) is 22.3. The second-order valence-corrected chi connectivity index (χ2v) is 11.0. The summed E-state index contributed by atoms with van der Waals surface area (Å²) in [5.74, 6) is -0.712. The predicted molar refractivity (Wildman–Crippen MR) is 153 cm³/mol. The Hall–Kier alpha value is -3.75. The first kappa shape index (κ1) is 27.8. The maximum Gasteiger partial charge on any atom is 0.258 e. The van der Waals surface area contributed by atoms with Gasteiger partial charge in [0.1, 0.15) is 5.82 Å². The molecule has 3 unspecified atom stereocenters. The van der Waals surface area contributed by atoms with Crippen LogP contribution in [0.5, 0.6) is 0 Å². The Bertz CT molecular complexity index is 1370. The minimum Gasteiger partial charge on any atom is -0.345 e. The molecule has 0 aliphatic carbocycles. The normalized spacial score (nSPS) is 19.2. The van der Waals surface area contributed by atoms with Crippen molar-refractivity contribution in [3.8, 4) is 0 Å². The summed E-state index contributed by atoms with van der Waals surface area (Å²) in [6.45, 7) is 5.05. The Labute approximate surface area is 238 Å². The fraction of sp³-hybridized carbons (Fsp3) is 0.323. The highest BCUT2D eigenvalue weighted by molar-refractivity contribution is 6.33. The Balaban J connectivity index is 1.20. The van der Waals surface area contributed by atoms with E-state index in [1.807, 2.05) is 30.3 Å². The Morgan fingerprint density at radius 2 is 1.65 bits per heavy atom. The van der Waals surface area contributed by atoms with Crippen LogP contribution < -0.4 is 10.6 Å². The molecule has 0 radical (unpaired) electrons. The Morgan fingerprint density at radius 3 is 2.33 bits per heavy atom. The van der Waals surface area contributed by atoms with Crippen LogP contribution >= 0.6 is 11.6 Å². The number of amides is 3. The number of hydrogen-bond acceptors (Lipinski definition) is 4. The van der Waals surface area contributed by atoms with Crippen molar-refractivity contribution in [1.82, 2.24) is 15.1 Å². The number of carbonyl (C=O) groups is 3. The molecule has 40 heavy (non-hydrogen) atoms. The van der Waals surface area contributed by atoms with Gasteiger partial charge in [0.05, 0.1) is 16.6 Å². The van der Waals surface area contributed by atoms with Crippen molar-refractivity contribution in [3.05, 3.63) is 100 Å². The highest BCUT2D eigenvalue weighted by Gasteiger charge is 2.42. The lowest BCUT2D eigenvalue weighted by atomic mass is 10.0. The van der Waals surface area contributed by atoms with Crippen LogP contribution in [0.3, 0.4) is 0 Å². The number of nitrogens with zero attached hydrogens (tertiary/aromatic N) is 2. The van der Waals surface area contributed by atoms with Gasteiger partial charge in [-0.1, -0.05) is 54.1 Å². The maximum absolute atomic E-state index is 14.3. The van der Waals surface area contributed by atoms with Crippen molar-refractivity contribution in [2.24, 2.45) is 11.8 Å². The van der Waals surface area contributed by atoms with Crippen LogP contribution in [0.1, 0.15) is 45.7 Å². The molecule has 3 amide bonds. The highest BCUT2D eigenvalue weighted by Crippen LogP contribution is 2.34. The summed E-state index contributed by atoms with van der Waals surface area (Å²) in [7, 11) is 0. The third-order valence-corrected chi connectivity index (χ3v) is 8.03. The molecule has 2 fully saturated rings. The number of rotatable bonds is 8. The van der Waals surface area contributed by atoms with E-state index in [2.05, 4.69) is 15.5 Å². The molecule has 3 aromatic carbocycles. The first-order valence-corrected chi connectivity index (χ1v) is 13.9. The molecule has 3 aromatic rings. The zero-order valence-corrected chi connectivity index (χ0v) is 23.0. The number of fused-ring (bicyclic) bond motifs is 1. The van der Waals surface area contributed by atoms with E-state index in [1.165, 1.54) is 25.1 Å². The quantitative estimate of drug-likeness (QED) is 0.405. The number of carbonyl (C=O) groups excluding carboxylic acids is 3. The summed E-state index contributed by atoms with van der Waals surface area (Å²) in [4.78, 5) is 41.7. The molecule has 5 rings (SSSR count). The van der Waals surface area contributed by atoms with Crippen LogP contribution in [0.25, 0.3) is 0 Å². The number of nitrogens with one attached hydrogen (secondary N) is 2. The first-order chi connectivity index (χ1) is 19.3. The number of hydrogen-bond donors (Lipinski definition) is 2. The van der Waals surface area contributed by atoms with Crippen molar-refractivity contribution >= 4 is 35.0 Å². The van der Waals surface area contributed by atoms with Crippen LogP contribution in [0.15, 0.2) is 72.8 Å². The fourth-order valence-corrected chi connectivity index (χ4v) is 6.04. The second-order valence-electron chi connectivity index (χ2n) is 10.6. The molecule has 9 heteroatoms. The third kappa shape index (κ3) is 6.35. The molecule has 0 bridgehead atoms. The summed E-state index contributed by atoms with van der Waals surface area (Å²) in [5.41, 5.74) is 2.02. The molecule has 7 nitrogen and oxygen atoms in total. The number of benzene rings is 3. The molecule has 2 heterocycles. The summed E-state index contributed by atoms with van der Waals surface area (Å²) >= 11 is 6.13. The van der Waals surface area contributed by atoms with Crippen LogP contribution in [0.4, 0.5) is 10.1 Å². The number of halogens is 2. The van der Waals surface area contributed by atoms with E-state index in [1.54, 1.807) is 29.2 Å². The van der Waals surface area contributed by atoms with Crippen molar-refractivity contribution < 1.29 is 18.8 Å². The Morgan fingerprint density at radius 1 is 0.950 bits per heavy atom. The summed E-state index contributed by atoms with van der Waals surface area (Å²) < 4.78 is 14.3. The number of likely N-dealkylation sites (tertiary alicyclic amines) is 2. The minimum absolute atomic E-state index is 0.0509. The highest BCUT2D eigenvalue weighted by atomic mass is 35.5. The number of anilines is 1. The van der Waals surface area contributed by atoms with E-state index < -0.39 is 5.82 Å². The van der Waals surface area contributed by atoms with Gasteiger partial charge >= 0.3 is 0 Å². The van der Waals surface area contributed by atoms with Crippen LogP contribution in [-0.2, 0) is 4.79 Å². The third-order valence-electron chi connectivity index (χ3n) is 7.71. The van der Waals surface area contributed by atoms with Crippen LogP contribution in [-0.4, -0.2) is 60.2 Å². The van der Waals surface area contributed by atoms with Gasteiger partial charge in [-0.15, -0.1) is 0 Å². The van der Waals surface area contributed by atoms with Crippen LogP contribution in [0.2, 0.25) is 5.02 Å². The minimum atomic E-state index is -0.591. The van der Waals surface area contributed by atoms with E-state index in [0.717, 1.165) is 25.2 Å². The van der Waals surface area contributed by atoms with Gasteiger partial charge in [0.15, 0.2) is 0 Å². The fourth-order valence-electron chi connectivity index (χ4n) is 5.80. The van der Waals surface area contributed by atoms with Crippen molar-refractivity contribution in [3.63, 3.8) is 0 Å². The largest absolute Gasteiger partial charge is 0.345 e. The molecular formula is C31H32ClFN4O3. The average Bonchev–Trinajstić information content (AvgIpc) is 3.50. The van der Waals surface area contributed by atoms with E-state index in [9.17, 15) is 18.8 Å². The van der Waals surface area contributed by atoms with E-state index in [-0.39, 0.29) is 34.3 Å². The maximum atomic E-state index is 14.3. The van der Waals surface area contributed by atoms with E-state index in [0.29, 0.717) is 42.6 Å². The zero-order chi connectivity index (χ0) is 28.2. The molecule has 208 valence electrons. The Kier molecular flexibility index (Phi) is 8.47. The average molecular weight is 563 g/mol. The van der Waals surface area contributed by atoms with Gasteiger partial charge in [-0.3, -0.25) is 14.4 Å². The van der Waals surface area contributed by atoms with Gasteiger partial charge in [0.25, 0.3) is 11.8 Å². The lowest BCUT2D eigenvalue weighted by Crippen LogP contribution is -2.35. The first-order valence-electron chi connectivity index (χ1n) is 13.5. The van der Waals surface area contributed by atoms with Crippen LogP contribution in [0, 0.1) is 17.7 Å². The molecular weight excluding hydrogens is 531 g/mol. The summed E-state index contributed by atoms with van der Waals surface area (Å²) in [6.07, 6.45) is 0.716. The monoisotopic (exact) mass is 562 g/mol. The van der Waals surface area contributed by atoms with Gasteiger partial charge in [0.2, 0.25) is 5.91 Å². The SMILES string of the molecule is CC(=O)Nc1cccc(C(=O)NC(CCN2CC3CN(C(=O)c4c(F)cccc4Cl)CC3C2)c2ccccc2)c1. The van der Waals surface area contributed by atoms with Crippen molar-refractivity contribution in [2.75, 3.05) is 38.0 Å². The van der Waals surface area contributed by atoms with Gasteiger partial charge in [0, 0.05) is 50.9 Å². The molecule has 2 aliphatic rings. The predicted octanol–water partition coefficient (Wildman–Crippen LogP) is 5.00. The molecule has 3 atom stereocenters. The van der Waals surface area contributed by atoms with E-state index in [4.69, 9.17) is 11.6 Å². The molecule has 2 saturated heterocycles. The lowest BCUT2D eigenvalue weighted by Gasteiger charge is -2.25. The van der Waals surface area contributed by atoms with Gasteiger partial charge < -0.3 is 20.4 Å². The molecule has 0 saturated carbocycles. The summed E-state index contributed by atoms with van der Waals surface area (Å²) in [5, 5.41) is 6.03. The molecule has 2 N–H and O–H groups in total. The van der Waals surface area contributed by atoms with Crippen molar-refractivity contribution in [2.45, 2.75) is 19.4 Å². The van der Waals surface area contributed by atoms with E-state index >= 15 is 0 Å². The van der Waals surface area contributed by atoms with Gasteiger partial charge in [-0.25, -0.2) is 4.39 Å². The molecule has 0 aromatic heterocycles. The molecule has 2 aliphatic heterocycles. The smallest absolute Gasteiger partial charge is 0.258 e. The summed E-state index contributed by atoms with van der Waals surface area (Å²) in [6, 6.07) is 20.9. The standard InChI is InChI=1S/C31H32ClFN4O3/c1-20(38)34-25-10-5-9-22(15-25)30(39)35-28(21-7-3-2-4-8-21)13-14-36-16-23-18-37(19-24(23)17-36)31(40)29-26(32)11-6-12-27(29)33/h2-12,15,23-24,28H,13-14,16-19H2,1H3,(H,34,38)(H,35,39). The van der Waals surface area contributed by atoms with Gasteiger partial charge in [-0.2, -0.15) is 0 Å². The topological polar surface area (TPSA) is 81.8 Å². The second kappa shape index (κ2) is 12.2. The molecule has 0 spiro atoms. The van der Waals surface area contributed by atoms with Crippen molar-refractivity contribution in [1.29, 1.82) is 0 Å². The lowest BCUT2D eigenvalue weighted by molar-refractivity contribution is -0.114. The van der Waals surface area contributed by atoms with Gasteiger partial charge in [-0.05, 0) is 54.2 Å².